The highest BCUT2D eigenvalue weighted by atomic mass is 35.5. The molecule has 0 aliphatic carbocycles. The van der Waals surface area contributed by atoms with E-state index >= 15 is 4.39 Å². The Morgan fingerprint density at radius 3 is 2.61 bits per heavy atom. The SMILES string of the molecule is COc1nc(N(C)C2CCNC2C)c2cnc(-c3cc(O)cc(Cl)c3C(F)(F)F)c(F)c2n1. The first-order chi connectivity index (χ1) is 15.5. The second kappa shape index (κ2) is 8.45. The van der Waals surface area contributed by atoms with Gasteiger partial charge in [-0.2, -0.15) is 23.1 Å². The van der Waals surface area contributed by atoms with Gasteiger partial charge in [0.05, 0.1) is 23.1 Å². The van der Waals surface area contributed by atoms with Gasteiger partial charge < -0.3 is 20.1 Å². The molecule has 1 aromatic carbocycles. The number of phenols is 1. The average molecular weight is 486 g/mol. The highest BCUT2D eigenvalue weighted by Crippen LogP contribution is 2.44. The lowest BCUT2D eigenvalue weighted by Crippen LogP contribution is -2.40. The van der Waals surface area contributed by atoms with Crippen LogP contribution in [0.25, 0.3) is 22.2 Å². The summed E-state index contributed by atoms with van der Waals surface area (Å²) >= 11 is 5.75. The van der Waals surface area contributed by atoms with Gasteiger partial charge in [0.25, 0.3) is 0 Å². The van der Waals surface area contributed by atoms with E-state index < -0.39 is 39.6 Å². The minimum Gasteiger partial charge on any atom is -0.508 e. The van der Waals surface area contributed by atoms with E-state index in [4.69, 9.17) is 16.3 Å². The van der Waals surface area contributed by atoms with Crippen LogP contribution in [0.15, 0.2) is 18.3 Å². The molecule has 3 aromatic rings. The molecule has 0 amide bonds. The molecule has 1 aliphatic rings. The van der Waals surface area contributed by atoms with Gasteiger partial charge in [0, 0.05) is 30.9 Å². The molecule has 3 heterocycles. The number of ether oxygens (including phenoxy) is 1. The minimum absolute atomic E-state index is 0.0391. The summed E-state index contributed by atoms with van der Waals surface area (Å²) in [5.41, 5.74) is -2.93. The molecule has 2 atom stereocenters. The van der Waals surface area contributed by atoms with Crippen molar-refractivity contribution in [1.82, 2.24) is 20.3 Å². The number of fused-ring (bicyclic) bond motifs is 1. The molecule has 0 radical (unpaired) electrons. The second-order valence-electron chi connectivity index (χ2n) is 7.77. The van der Waals surface area contributed by atoms with Crippen molar-refractivity contribution >= 4 is 28.3 Å². The summed E-state index contributed by atoms with van der Waals surface area (Å²) in [6.45, 7) is 2.81. The van der Waals surface area contributed by atoms with Crippen LogP contribution in [0.4, 0.5) is 23.4 Å². The van der Waals surface area contributed by atoms with Crippen LogP contribution in [0, 0.1) is 5.82 Å². The Morgan fingerprint density at radius 2 is 2.00 bits per heavy atom. The van der Waals surface area contributed by atoms with Crippen molar-refractivity contribution in [1.29, 1.82) is 0 Å². The number of nitrogens with one attached hydrogen (secondary N) is 1. The molecule has 176 valence electrons. The molecule has 2 N–H and O–H groups in total. The fraction of sp³-hybridized carbons (Fsp3) is 0.381. The van der Waals surface area contributed by atoms with Crippen molar-refractivity contribution in [2.24, 2.45) is 0 Å². The van der Waals surface area contributed by atoms with E-state index in [1.807, 2.05) is 11.8 Å². The second-order valence-corrected chi connectivity index (χ2v) is 8.18. The Labute approximate surface area is 191 Å². The Balaban J connectivity index is 1.96. The number of phenolic OH excluding ortho intramolecular Hbond substituents is 1. The number of hydrogen-bond donors (Lipinski definition) is 2. The molecule has 1 fully saturated rings. The van der Waals surface area contributed by atoms with E-state index in [0.29, 0.717) is 5.82 Å². The fourth-order valence-corrected chi connectivity index (χ4v) is 4.49. The Kier molecular flexibility index (Phi) is 5.95. The number of aromatic hydroxyl groups is 1. The normalized spacial score (nSPS) is 18.7. The molecule has 1 saturated heterocycles. The van der Waals surface area contributed by atoms with Crippen LogP contribution in [0.2, 0.25) is 5.02 Å². The lowest BCUT2D eigenvalue weighted by molar-refractivity contribution is -0.137. The molecule has 4 rings (SSSR count). The molecule has 2 aromatic heterocycles. The molecule has 0 saturated carbocycles. The Hall–Kier alpha value is -2.92. The van der Waals surface area contributed by atoms with Crippen LogP contribution in [0.3, 0.4) is 0 Å². The average Bonchev–Trinajstić information content (AvgIpc) is 3.17. The first kappa shape index (κ1) is 23.2. The molecule has 0 bridgehead atoms. The number of pyridine rings is 1. The molecular weight excluding hydrogens is 466 g/mol. The zero-order chi connectivity index (χ0) is 24.1. The summed E-state index contributed by atoms with van der Waals surface area (Å²) in [5, 5.41) is 12.6. The van der Waals surface area contributed by atoms with Gasteiger partial charge in [-0.05, 0) is 32.0 Å². The number of likely N-dealkylation sites (N-methyl/N-ethyl adjacent to an activating group) is 1. The van der Waals surface area contributed by atoms with Gasteiger partial charge in [-0.1, -0.05) is 11.6 Å². The van der Waals surface area contributed by atoms with E-state index in [2.05, 4.69) is 20.3 Å². The van der Waals surface area contributed by atoms with E-state index in [0.717, 1.165) is 25.1 Å². The minimum atomic E-state index is -4.91. The van der Waals surface area contributed by atoms with Gasteiger partial charge in [-0.25, -0.2) is 4.39 Å². The summed E-state index contributed by atoms with van der Waals surface area (Å²) in [6, 6.07) is 1.53. The van der Waals surface area contributed by atoms with Crippen LogP contribution in [-0.2, 0) is 6.18 Å². The zero-order valence-corrected chi connectivity index (χ0v) is 18.6. The number of anilines is 1. The van der Waals surface area contributed by atoms with Crippen LogP contribution in [0.5, 0.6) is 11.8 Å². The lowest BCUT2D eigenvalue weighted by Gasteiger charge is -2.29. The topological polar surface area (TPSA) is 83.4 Å². The van der Waals surface area contributed by atoms with Crippen molar-refractivity contribution in [2.75, 3.05) is 25.6 Å². The number of rotatable bonds is 4. The van der Waals surface area contributed by atoms with Crippen molar-refractivity contribution in [3.63, 3.8) is 0 Å². The van der Waals surface area contributed by atoms with E-state index in [-0.39, 0.29) is 29.0 Å². The monoisotopic (exact) mass is 485 g/mol. The number of methoxy groups -OCH3 is 1. The van der Waals surface area contributed by atoms with Crippen molar-refractivity contribution in [2.45, 2.75) is 31.6 Å². The Bertz CT molecular complexity index is 1220. The molecule has 12 heteroatoms. The van der Waals surface area contributed by atoms with Crippen LogP contribution >= 0.6 is 11.6 Å². The third-order valence-electron chi connectivity index (χ3n) is 5.75. The summed E-state index contributed by atoms with van der Waals surface area (Å²) in [4.78, 5) is 14.2. The maximum absolute atomic E-state index is 15.7. The molecule has 1 aliphatic heterocycles. The number of alkyl halides is 3. The standard InChI is InChI=1S/C21H20ClF4N5O2/c1-9-14(4-5-27-9)31(2)19-12-8-28-17(16(23)18(12)29-20(30-19)33-3)11-6-10(32)7-13(22)15(11)21(24,25)26/h6-9,14,27,32H,4-5H2,1-3H3. The summed E-state index contributed by atoms with van der Waals surface area (Å²) < 4.78 is 61.9. The van der Waals surface area contributed by atoms with Crippen LogP contribution in [0.1, 0.15) is 18.9 Å². The van der Waals surface area contributed by atoms with Crippen molar-refractivity contribution in [3.05, 3.63) is 34.7 Å². The van der Waals surface area contributed by atoms with Crippen LogP contribution < -0.4 is 15.0 Å². The first-order valence-corrected chi connectivity index (χ1v) is 10.4. The number of aromatic nitrogens is 3. The van der Waals surface area contributed by atoms with Gasteiger partial charge >= 0.3 is 12.2 Å². The highest BCUT2D eigenvalue weighted by molar-refractivity contribution is 6.32. The largest absolute Gasteiger partial charge is 0.508 e. The lowest BCUT2D eigenvalue weighted by atomic mass is 10.0. The molecule has 0 spiro atoms. The van der Waals surface area contributed by atoms with Gasteiger partial charge in [-0.3, -0.25) is 4.98 Å². The quantitative estimate of drug-likeness (QED) is 0.530. The number of halogens is 5. The van der Waals surface area contributed by atoms with Crippen molar-refractivity contribution < 1.29 is 27.4 Å². The number of nitrogens with zero attached hydrogens (tertiary/aromatic N) is 4. The number of hydrogen-bond acceptors (Lipinski definition) is 7. The molecular formula is C21H20ClF4N5O2. The Morgan fingerprint density at radius 1 is 1.27 bits per heavy atom. The van der Waals surface area contributed by atoms with E-state index in [9.17, 15) is 18.3 Å². The van der Waals surface area contributed by atoms with Gasteiger partial charge in [-0.15, -0.1) is 0 Å². The summed E-state index contributed by atoms with van der Waals surface area (Å²) in [6.07, 6.45) is -2.88. The third-order valence-corrected chi connectivity index (χ3v) is 6.05. The smallest absolute Gasteiger partial charge is 0.418 e. The summed E-state index contributed by atoms with van der Waals surface area (Å²) in [5.74, 6) is -1.35. The fourth-order valence-electron chi connectivity index (χ4n) is 4.17. The molecule has 33 heavy (non-hydrogen) atoms. The van der Waals surface area contributed by atoms with E-state index in [1.54, 1.807) is 7.05 Å². The molecule has 7 nitrogen and oxygen atoms in total. The first-order valence-electron chi connectivity index (χ1n) is 9.99. The maximum atomic E-state index is 15.7. The van der Waals surface area contributed by atoms with Gasteiger partial charge in [0.15, 0.2) is 5.82 Å². The predicted molar refractivity (Wildman–Crippen MR) is 115 cm³/mol. The van der Waals surface area contributed by atoms with Crippen LogP contribution in [-0.4, -0.2) is 52.8 Å². The van der Waals surface area contributed by atoms with Gasteiger partial charge in [0.1, 0.15) is 22.8 Å². The van der Waals surface area contributed by atoms with Crippen molar-refractivity contribution in [3.8, 4) is 23.0 Å². The predicted octanol–water partition coefficient (Wildman–Crippen LogP) is 4.40. The highest BCUT2D eigenvalue weighted by Gasteiger charge is 2.38. The van der Waals surface area contributed by atoms with Gasteiger partial charge in [0.2, 0.25) is 0 Å². The number of benzene rings is 1. The third kappa shape index (κ3) is 4.10. The maximum Gasteiger partial charge on any atom is 0.418 e. The van der Waals surface area contributed by atoms with E-state index in [1.165, 1.54) is 13.3 Å². The summed E-state index contributed by atoms with van der Waals surface area (Å²) in [7, 11) is 3.10. The molecule has 2 unspecified atom stereocenters. The zero-order valence-electron chi connectivity index (χ0n) is 17.8.